The molecule has 28 nitrogen and oxygen atoms in total. The minimum atomic E-state index is -2.21. The van der Waals surface area contributed by atoms with Crippen LogP contribution in [0.2, 0.25) is 0 Å². The van der Waals surface area contributed by atoms with Gasteiger partial charge in [-0.2, -0.15) is 0 Å². The van der Waals surface area contributed by atoms with Gasteiger partial charge >= 0.3 is 0 Å². The van der Waals surface area contributed by atoms with E-state index >= 15 is 0 Å². The van der Waals surface area contributed by atoms with Crippen LogP contribution in [0.4, 0.5) is 0 Å². The van der Waals surface area contributed by atoms with Gasteiger partial charge < -0.3 is 125 Å². The minimum Gasteiger partial charge on any atom is -0.394 e. The Morgan fingerprint density at radius 2 is 1.05 bits per heavy atom. The van der Waals surface area contributed by atoms with Crippen LogP contribution in [-0.4, -0.2) is 269 Å². The molecule has 0 aromatic rings. The zero-order valence-electron chi connectivity index (χ0n) is 35.1. The van der Waals surface area contributed by atoms with Gasteiger partial charge in [-0.15, -0.1) is 0 Å². The summed E-state index contributed by atoms with van der Waals surface area (Å²) in [5.74, 6) is -2.33. The highest BCUT2D eigenvalue weighted by atomic mass is 16.8. The monoisotopic (exact) mass is 937 g/mol. The molecule has 0 saturated carbocycles. The number of carbonyl (C=O) groups is 3. The summed E-state index contributed by atoms with van der Waals surface area (Å²) in [6, 6.07) is -4.84. The Morgan fingerprint density at radius 3 is 1.58 bits per heavy atom. The first kappa shape index (κ1) is 54.1. The van der Waals surface area contributed by atoms with E-state index in [2.05, 4.69) is 16.0 Å². The fourth-order valence-corrected chi connectivity index (χ4v) is 7.68. The summed E-state index contributed by atoms with van der Waals surface area (Å²) in [6.45, 7) is -0.270. The van der Waals surface area contributed by atoms with Crippen LogP contribution in [0.3, 0.4) is 0 Å². The largest absolute Gasteiger partial charge is 0.394 e. The number of ether oxygens (including phenoxy) is 8. The Morgan fingerprint density at radius 1 is 0.562 bits per heavy atom. The third-order valence-corrected chi connectivity index (χ3v) is 11.1. The molecule has 4 fully saturated rings. The van der Waals surface area contributed by atoms with E-state index in [1.165, 1.54) is 6.92 Å². The zero-order chi connectivity index (χ0) is 47.9. The van der Waals surface area contributed by atoms with Crippen LogP contribution >= 0.6 is 0 Å². The molecule has 4 heterocycles. The van der Waals surface area contributed by atoms with Crippen LogP contribution in [0.15, 0.2) is 0 Å². The van der Waals surface area contributed by atoms with Gasteiger partial charge in [-0.25, -0.2) is 0 Å². The van der Waals surface area contributed by atoms with Crippen molar-refractivity contribution in [2.75, 3.05) is 33.0 Å². The maximum atomic E-state index is 12.7. The van der Waals surface area contributed by atoms with Crippen LogP contribution in [0.1, 0.15) is 27.7 Å². The van der Waals surface area contributed by atoms with E-state index in [1.807, 2.05) is 0 Å². The number of aliphatic hydroxyl groups excluding tert-OH is 14. The molecule has 4 aliphatic rings. The molecule has 64 heavy (non-hydrogen) atoms. The standard InChI is InChI=1S/C36H63N3O25/c1-10-21(48)26(53)28(55)35(58-10)64-32-20(39-13(4)46)33(61-18(8-43)31(32)63-36-29(56)27(54)24(51)17(7-42)60-36)57-9-15(47)22(49)30(14(5-40)37-11(2)44)62-34-19(38-12(3)45)25(52)23(50)16(6-41)59-34/h10,14-36,40-43,47-56H,5-9H2,1-4H3,(H,37,44)(H,38,45)(H,39,46)/t10-,14-,15+,16+,17+,18+,19+,20+,21+,22-,23+,24-,25+,26+,27-,28-,29+,30+,31+,32+,33+,34-,35-,36-/m0/s1. The van der Waals surface area contributed by atoms with Crippen LogP contribution in [0.25, 0.3) is 0 Å². The number of aliphatic hydroxyl groups is 14. The molecular formula is C36H63N3O25. The Kier molecular flexibility index (Phi) is 20.3. The Bertz CT molecular complexity index is 1490. The van der Waals surface area contributed by atoms with Gasteiger partial charge in [0.15, 0.2) is 25.2 Å². The Hall–Kier alpha value is -2.47. The lowest BCUT2D eigenvalue weighted by Gasteiger charge is -2.50. The molecule has 3 amide bonds. The maximum absolute atomic E-state index is 12.7. The van der Waals surface area contributed by atoms with Crippen molar-refractivity contribution < 1.29 is 124 Å². The number of hydrogen-bond acceptors (Lipinski definition) is 25. The first-order chi connectivity index (χ1) is 30.1. The zero-order valence-corrected chi connectivity index (χ0v) is 35.1. The topological polar surface area (TPSA) is 444 Å². The first-order valence-electron chi connectivity index (χ1n) is 20.4. The summed E-state index contributed by atoms with van der Waals surface area (Å²) < 4.78 is 46.3. The lowest BCUT2D eigenvalue weighted by atomic mass is 9.94. The molecule has 0 spiro atoms. The van der Waals surface area contributed by atoms with Crippen molar-refractivity contribution in [3.63, 3.8) is 0 Å². The van der Waals surface area contributed by atoms with Gasteiger partial charge in [-0.3, -0.25) is 14.4 Å². The van der Waals surface area contributed by atoms with Crippen LogP contribution in [0.5, 0.6) is 0 Å². The van der Waals surface area contributed by atoms with Gasteiger partial charge in [0.2, 0.25) is 17.7 Å². The third-order valence-electron chi connectivity index (χ3n) is 11.1. The molecule has 0 aromatic carbocycles. The van der Waals surface area contributed by atoms with E-state index in [0.29, 0.717) is 0 Å². The smallest absolute Gasteiger partial charge is 0.217 e. The molecule has 24 atom stereocenters. The van der Waals surface area contributed by atoms with Gasteiger partial charge in [-0.05, 0) is 6.92 Å². The van der Waals surface area contributed by atoms with E-state index in [9.17, 15) is 85.9 Å². The molecular weight excluding hydrogens is 874 g/mol. The second kappa shape index (κ2) is 24.0. The highest BCUT2D eigenvalue weighted by Crippen LogP contribution is 2.34. The summed E-state index contributed by atoms with van der Waals surface area (Å²) in [5.41, 5.74) is 0. The average Bonchev–Trinajstić information content (AvgIpc) is 3.25. The van der Waals surface area contributed by atoms with E-state index in [4.69, 9.17) is 37.9 Å². The van der Waals surface area contributed by atoms with Crippen molar-refractivity contribution in [3.8, 4) is 0 Å². The third kappa shape index (κ3) is 12.7. The number of rotatable bonds is 19. The lowest BCUT2D eigenvalue weighted by molar-refractivity contribution is -0.374. The van der Waals surface area contributed by atoms with Gasteiger partial charge in [-0.1, -0.05) is 0 Å². The van der Waals surface area contributed by atoms with Crippen molar-refractivity contribution in [2.24, 2.45) is 0 Å². The van der Waals surface area contributed by atoms with Gasteiger partial charge in [0.1, 0.15) is 110 Å². The van der Waals surface area contributed by atoms with Crippen molar-refractivity contribution in [1.29, 1.82) is 0 Å². The summed E-state index contributed by atoms with van der Waals surface area (Å²) >= 11 is 0. The van der Waals surface area contributed by atoms with Crippen LogP contribution in [-0.2, 0) is 52.3 Å². The quantitative estimate of drug-likeness (QED) is 0.0572. The molecule has 4 aliphatic heterocycles. The molecule has 0 bridgehead atoms. The molecule has 4 saturated heterocycles. The number of nitrogens with one attached hydrogen (secondary N) is 3. The van der Waals surface area contributed by atoms with Gasteiger partial charge in [0.05, 0.1) is 45.2 Å². The van der Waals surface area contributed by atoms with Crippen LogP contribution in [0, 0.1) is 0 Å². The van der Waals surface area contributed by atoms with E-state index < -0.39 is 198 Å². The Balaban J connectivity index is 1.68. The summed E-state index contributed by atoms with van der Waals surface area (Å²) in [6.07, 6.45) is -38.0. The molecule has 28 heteroatoms. The van der Waals surface area contributed by atoms with Crippen molar-refractivity contribution in [2.45, 2.75) is 175 Å². The van der Waals surface area contributed by atoms with Gasteiger partial charge in [0.25, 0.3) is 0 Å². The van der Waals surface area contributed by atoms with Crippen molar-refractivity contribution >= 4 is 17.7 Å². The van der Waals surface area contributed by atoms with Crippen molar-refractivity contribution in [1.82, 2.24) is 16.0 Å². The number of hydrogen-bond donors (Lipinski definition) is 17. The number of carbonyl (C=O) groups excluding carboxylic acids is 3. The Labute approximate surface area is 365 Å². The molecule has 372 valence electrons. The highest BCUT2D eigenvalue weighted by Gasteiger charge is 2.55. The maximum Gasteiger partial charge on any atom is 0.217 e. The normalized spacial score (nSPS) is 42.5. The lowest BCUT2D eigenvalue weighted by Crippen LogP contribution is -2.70. The summed E-state index contributed by atoms with van der Waals surface area (Å²) in [7, 11) is 0. The fraction of sp³-hybridized carbons (Fsp3) is 0.917. The molecule has 17 N–H and O–H groups in total. The summed E-state index contributed by atoms with van der Waals surface area (Å²) in [4.78, 5) is 37.0. The van der Waals surface area contributed by atoms with Gasteiger partial charge in [0, 0.05) is 20.8 Å². The summed E-state index contributed by atoms with van der Waals surface area (Å²) in [5, 5.41) is 155. The SMILES string of the molecule is CC(=O)N[C@H]1[C@H](O[C@@H]([C@@H](O)[C@H](O)CO[C@@H]2O[C@H](CO)[C@@H](O[C@@H]3O[C@H](CO)[C@H](O)[C@H](O)[C@H]3O)[C@H](O[C@@H]3O[C@@H](C)[C@@H](O)[C@@H](O)[C@@H]3O)[C@H]2NC(C)=O)[C@H](CO)NC(C)=O)O[C@H](CO)[C@@H](O)[C@@H]1O. The second-order valence-corrected chi connectivity index (χ2v) is 15.9. The predicted molar refractivity (Wildman–Crippen MR) is 202 cm³/mol. The fourth-order valence-electron chi connectivity index (χ4n) is 7.68. The highest BCUT2D eigenvalue weighted by molar-refractivity contribution is 5.74. The first-order valence-corrected chi connectivity index (χ1v) is 20.4. The van der Waals surface area contributed by atoms with E-state index in [0.717, 1.165) is 20.8 Å². The minimum absolute atomic E-state index is 0.750. The van der Waals surface area contributed by atoms with E-state index in [-0.39, 0.29) is 0 Å². The van der Waals surface area contributed by atoms with Crippen LogP contribution < -0.4 is 16.0 Å². The molecule has 4 rings (SSSR count). The molecule has 0 radical (unpaired) electrons. The average molecular weight is 938 g/mol. The van der Waals surface area contributed by atoms with Crippen molar-refractivity contribution in [3.05, 3.63) is 0 Å². The molecule has 0 unspecified atom stereocenters. The second-order valence-electron chi connectivity index (χ2n) is 15.9. The molecule has 0 aromatic heterocycles. The molecule has 0 aliphatic carbocycles. The predicted octanol–water partition coefficient (Wildman–Crippen LogP) is -10.8. The van der Waals surface area contributed by atoms with E-state index in [1.54, 1.807) is 0 Å². The number of amides is 3.